The Balaban J connectivity index is 2.20. The molecule has 2 rings (SSSR count). The minimum absolute atomic E-state index is 0.0890. The van der Waals surface area contributed by atoms with Crippen LogP contribution in [0.25, 0.3) is 0 Å². The van der Waals surface area contributed by atoms with Gasteiger partial charge < -0.3 is 0 Å². The van der Waals surface area contributed by atoms with Gasteiger partial charge in [0, 0.05) is 25.0 Å². The summed E-state index contributed by atoms with van der Waals surface area (Å²) in [5.41, 5.74) is 0.806. The Morgan fingerprint density at radius 3 is 2.78 bits per heavy atom. The zero-order valence-corrected chi connectivity index (χ0v) is 9.26. The van der Waals surface area contributed by atoms with Gasteiger partial charge in [-0.1, -0.05) is 11.3 Å². The van der Waals surface area contributed by atoms with Crippen LogP contribution in [-0.2, 0) is 6.42 Å². The van der Waals surface area contributed by atoms with Gasteiger partial charge in [-0.15, -0.1) is 0 Å². The molecule has 7 nitrogen and oxygen atoms in total. The lowest BCUT2D eigenvalue weighted by Crippen LogP contribution is -2.24. The van der Waals surface area contributed by atoms with E-state index in [1.165, 1.54) is 12.3 Å². The first kappa shape index (κ1) is 12.1. The van der Waals surface area contributed by atoms with E-state index in [-0.39, 0.29) is 5.69 Å². The number of nitrogens with zero attached hydrogens (tertiary/aromatic N) is 4. The van der Waals surface area contributed by atoms with E-state index in [0.29, 0.717) is 12.2 Å². The van der Waals surface area contributed by atoms with Gasteiger partial charge in [0.25, 0.3) is 0 Å². The van der Waals surface area contributed by atoms with Gasteiger partial charge in [-0.3, -0.25) is 20.2 Å². The Bertz CT molecular complexity index is 545. The zero-order chi connectivity index (χ0) is 13.0. The van der Waals surface area contributed by atoms with Gasteiger partial charge in [0.1, 0.15) is 11.5 Å². The van der Waals surface area contributed by atoms with Gasteiger partial charge in [0.2, 0.25) is 0 Å². The molecule has 0 aliphatic carbocycles. The molecule has 2 aromatic heterocycles. The van der Waals surface area contributed by atoms with E-state index in [1.807, 2.05) is 6.07 Å². The molecule has 18 heavy (non-hydrogen) atoms. The third-order valence-electron chi connectivity index (χ3n) is 2.19. The topological polar surface area (TPSA) is 99.4 Å². The molecule has 0 atom stereocenters. The van der Waals surface area contributed by atoms with Gasteiger partial charge in [0.05, 0.1) is 0 Å². The van der Waals surface area contributed by atoms with Crippen molar-refractivity contribution in [2.24, 2.45) is 0 Å². The van der Waals surface area contributed by atoms with Crippen LogP contribution in [0.1, 0.15) is 21.9 Å². The Morgan fingerprint density at radius 2 is 2.11 bits per heavy atom. The number of pyridine rings is 1. The average Bonchev–Trinajstić information content (AvgIpc) is 2.39. The second-order valence-electron chi connectivity index (χ2n) is 3.49. The largest absolute Gasteiger partial charge is 0.321 e. The molecule has 2 N–H and O–H groups in total. The van der Waals surface area contributed by atoms with Crippen molar-refractivity contribution >= 4 is 5.91 Å². The molecular formula is C11H10N4O3. The van der Waals surface area contributed by atoms with Crippen LogP contribution in [0.3, 0.4) is 0 Å². The smallest absolute Gasteiger partial charge is 0.264 e. The molecule has 7 heteroatoms. The quantitative estimate of drug-likeness (QED) is 0.610. The number of hydroxylamine groups is 2. The highest BCUT2D eigenvalue weighted by atomic mass is 16.8. The molecule has 1 amide bonds. The van der Waals surface area contributed by atoms with Crippen LogP contribution in [0.2, 0.25) is 0 Å². The highest BCUT2D eigenvalue weighted by Gasteiger charge is 2.14. The van der Waals surface area contributed by atoms with Gasteiger partial charge in [0.15, 0.2) is 0 Å². The predicted octanol–water partition coefficient (Wildman–Crippen LogP) is 0.683. The van der Waals surface area contributed by atoms with E-state index in [2.05, 4.69) is 15.0 Å². The maximum atomic E-state index is 11.3. The van der Waals surface area contributed by atoms with E-state index in [4.69, 9.17) is 10.4 Å². The summed E-state index contributed by atoms with van der Waals surface area (Å²) in [6.07, 6.45) is 5.11. The summed E-state index contributed by atoms with van der Waals surface area (Å²) in [4.78, 5) is 23.2. The second-order valence-corrected chi connectivity index (χ2v) is 3.49. The summed E-state index contributed by atoms with van der Waals surface area (Å²) in [6.45, 7) is 0. The van der Waals surface area contributed by atoms with Crippen molar-refractivity contribution in [3.63, 3.8) is 0 Å². The first-order valence-electron chi connectivity index (χ1n) is 5.10. The Hall–Kier alpha value is -2.38. The van der Waals surface area contributed by atoms with Crippen molar-refractivity contribution in [2.75, 3.05) is 0 Å². The maximum Gasteiger partial charge on any atom is 0.321 e. The van der Waals surface area contributed by atoms with Crippen molar-refractivity contribution in [1.82, 2.24) is 20.2 Å². The van der Waals surface area contributed by atoms with Crippen molar-refractivity contribution in [3.05, 3.63) is 53.9 Å². The first-order valence-corrected chi connectivity index (χ1v) is 5.10. The average molecular weight is 246 g/mol. The van der Waals surface area contributed by atoms with Crippen LogP contribution in [0.15, 0.2) is 36.8 Å². The minimum Gasteiger partial charge on any atom is -0.264 e. The van der Waals surface area contributed by atoms with Crippen molar-refractivity contribution in [2.45, 2.75) is 6.42 Å². The van der Waals surface area contributed by atoms with Crippen LogP contribution >= 0.6 is 0 Å². The van der Waals surface area contributed by atoms with Gasteiger partial charge >= 0.3 is 5.91 Å². The Labute approximate surface area is 102 Å². The van der Waals surface area contributed by atoms with Gasteiger partial charge in [-0.05, 0) is 17.7 Å². The number of amides is 1. The molecule has 0 radical (unpaired) electrons. The zero-order valence-electron chi connectivity index (χ0n) is 9.26. The fraction of sp³-hybridized carbons (Fsp3) is 0.0909. The maximum absolute atomic E-state index is 11.3. The molecule has 92 valence electrons. The van der Waals surface area contributed by atoms with Crippen LogP contribution in [0.5, 0.6) is 0 Å². The first-order chi connectivity index (χ1) is 8.66. The molecule has 0 aliphatic heterocycles. The Kier molecular flexibility index (Phi) is 3.56. The van der Waals surface area contributed by atoms with E-state index >= 15 is 0 Å². The number of rotatable bonds is 3. The molecular weight excluding hydrogens is 236 g/mol. The summed E-state index contributed by atoms with van der Waals surface area (Å²) in [6, 6.07) is 4.94. The molecule has 0 saturated heterocycles. The van der Waals surface area contributed by atoms with E-state index in [9.17, 15) is 4.79 Å². The van der Waals surface area contributed by atoms with Crippen molar-refractivity contribution in [1.29, 1.82) is 0 Å². The SMILES string of the molecule is O=C(c1ccnc(Cc2cccnc2)n1)N(O)O. The molecule has 0 aromatic carbocycles. The lowest BCUT2D eigenvalue weighted by Gasteiger charge is -2.06. The molecule has 0 unspecified atom stereocenters. The van der Waals surface area contributed by atoms with Crippen LogP contribution in [0.4, 0.5) is 0 Å². The highest BCUT2D eigenvalue weighted by Crippen LogP contribution is 2.05. The number of carbonyl (C=O) groups excluding carboxylic acids is 1. The lowest BCUT2D eigenvalue weighted by molar-refractivity contribution is -0.260. The van der Waals surface area contributed by atoms with Crippen LogP contribution in [-0.4, -0.2) is 36.5 Å². The third kappa shape index (κ3) is 2.84. The van der Waals surface area contributed by atoms with Crippen molar-refractivity contribution in [3.8, 4) is 0 Å². The number of hydrogen-bond acceptors (Lipinski definition) is 6. The fourth-order valence-corrected chi connectivity index (χ4v) is 1.39. The molecule has 2 aromatic rings. The Morgan fingerprint density at radius 1 is 1.28 bits per heavy atom. The van der Waals surface area contributed by atoms with Gasteiger partial charge in [-0.25, -0.2) is 9.97 Å². The fourth-order valence-electron chi connectivity index (χ4n) is 1.39. The monoisotopic (exact) mass is 246 g/mol. The number of aromatic nitrogens is 3. The van der Waals surface area contributed by atoms with Gasteiger partial charge in [-0.2, -0.15) is 0 Å². The summed E-state index contributed by atoms with van der Waals surface area (Å²) >= 11 is 0. The molecule has 0 aliphatic rings. The number of hydrogen-bond donors (Lipinski definition) is 2. The summed E-state index contributed by atoms with van der Waals surface area (Å²) in [5, 5.41) is 16.7. The van der Waals surface area contributed by atoms with Crippen molar-refractivity contribution < 1.29 is 15.2 Å². The standard InChI is InChI=1S/C11H10N4O3/c16-11(15(17)18)9-3-5-13-10(14-9)6-8-2-1-4-12-7-8/h1-5,7,17-18H,6H2. The highest BCUT2D eigenvalue weighted by molar-refractivity contribution is 5.90. The van der Waals surface area contributed by atoms with Crippen LogP contribution in [0, 0.1) is 0 Å². The number of carbonyl (C=O) groups is 1. The predicted molar refractivity (Wildman–Crippen MR) is 58.8 cm³/mol. The molecule has 0 spiro atoms. The minimum atomic E-state index is -1.01. The molecule has 0 saturated carbocycles. The van der Waals surface area contributed by atoms with E-state index < -0.39 is 11.1 Å². The van der Waals surface area contributed by atoms with E-state index in [1.54, 1.807) is 18.5 Å². The van der Waals surface area contributed by atoms with Crippen LogP contribution < -0.4 is 0 Å². The summed E-state index contributed by atoms with van der Waals surface area (Å²) in [5.74, 6) is -0.611. The second kappa shape index (κ2) is 5.30. The third-order valence-corrected chi connectivity index (χ3v) is 2.19. The molecule has 0 bridgehead atoms. The summed E-state index contributed by atoms with van der Waals surface area (Å²) < 4.78 is 0. The van der Waals surface area contributed by atoms with E-state index in [0.717, 1.165) is 5.56 Å². The normalized spacial score (nSPS) is 10.1. The molecule has 2 heterocycles. The summed E-state index contributed by atoms with van der Waals surface area (Å²) in [7, 11) is 0. The molecule has 0 fully saturated rings. The lowest BCUT2D eigenvalue weighted by atomic mass is 10.2.